The van der Waals surface area contributed by atoms with Crippen molar-refractivity contribution in [3.63, 3.8) is 0 Å². The van der Waals surface area contributed by atoms with E-state index in [9.17, 15) is 9.59 Å². The van der Waals surface area contributed by atoms with Gasteiger partial charge in [0.25, 0.3) is 5.91 Å². The molecule has 1 atom stereocenters. The molecule has 0 saturated heterocycles. The van der Waals surface area contributed by atoms with Gasteiger partial charge in [-0.15, -0.1) is 11.3 Å². The summed E-state index contributed by atoms with van der Waals surface area (Å²) in [5.41, 5.74) is 7.07. The number of anilines is 1. The Hall–Kier alpha value is -1.40. The minimum atomic E-state index is -0.445. The van der Waals surface area contributed by atoms with Crippen molar-refractivity contribution in [2.75, 3.05) is 11.9 Å². The number of hydrogen-bond acceptors (Lipinski definition) is 4. The molecule has 1 aromatic heterocycles. The first-order chi connectivity index (χ1) is 10.0. The standard InChI is InChI=1S/C15H23N3O2S/c1-3-9(2)17-8-12(19)18-15-13(14(16)20)10-6-4-5-7-11(10)21-15/h9,17H,3-8H2,1-2H3,(H2,16,20)(H,18,19)/t9-/m0/s1. The summed E-state index contributed by atoms with van der Waals surface area (Å²) in [4.78, 5) is 24.9. The molecule has 4 N–H and O–H groups in total. The number of hydrogen-bond donors (Lipinski definition) is 3. The van der Waals surface area contributed by atoms with Crippen LogP contribution in [-0.4, -0.2) is 24.4 Å². The molecule has 0 fully saturated rings. The van der Waals surface area contributed by atoms with Crippen molar-refractivity contribution in [2.45, 2.75) is 52.0 Å². The molecule has 0 aliphatic heterocycles. The van der Waals surface area contributed by atoms with Crippen LogP contribution in [0.5, 0.6) is 0 Å². The lowest BCUT2D eigenvalue weighted by Crippen LogP contribution is -2.34. The van der Waals surface area contributed by atoms with Gasteiger partial charge in [-0.1, -0.05) is 6.92 Å². The van der Waals surface area contributed by atoms with E-state index in [1.165, 1.54) is 16.2 Å². The second-order valence-corrected chi connectivity index (χ2v) is 6.62. The van der Waals surface area contributed by atoms with E-state index in [1.807, 2.05) is 6.92 Å². The average Bonchev–Trinajstić information content (AvgIpc) is 2.82. The summed E-state index contributed by atoms with van der Waals surface area (Å²) < 4.78 is 0. The maximum Gasteiger partial charge on any atom is 0.251 e. The van der Waals surface area contributed by atoms with E-state index in [0.29, 0.717) is 16.6 Å². The molecular formula is C15H23N3O2S. The van der Waals surface area contributed by atoms with Gasteiger partial charge in [0.2, 0.25) is 5.91 Å². The molecule has 116 valence electrons. The third-order valence-corrected chi connectivity index (χ3v) is 5.10. The van der Waals surface area contributed by atoms with Gasteiger partial charge in [-0.2, -0.15) is 0 Å². The van der Waals surface area contributed by atoms with Gasteiger partial charge in [0.15, 0.2) is 0 Å². The van der Waals surface area contributed by atoms with Crippen molar-refractivity contribution in [3.05, 3.63) is 16.0 Å². The zero-order chi connectivity index (χ0) is 15.4. The lowest BCUT2D eigenvalue weighted by Gasteiger charge is -2.12. The zero-order valence-corrected chi connectivity index (χ0v) is 13.4. The first-order valence-electron chi connectivity index (χ1n) is 7.50. The smallest absolute Gasteiger partial charge is 0.251 e. The van der Waals surface area contributed by atoms with E-state index in [4.69, 9.17) is 5.73 Å². The van der Waals surface area contributed by atoms with E-state index < -0.39 is 5.91 Å². The van der Waals surface area contributed by atoms with Crippen LogP contribution in [0.3, 0.4) is 0 Å². The van der Waals surface area contributed by atoms with Gasteiger partial charge < -0.3 is 16.4 Å². The summed E-state index contributed by atoms with van der Waals surface area (Å²) in [6, 6.07) is 0.294. The largest absolute Gasteiger partial charge is 0.365 e. The number of carbonyl (C=O) groups excluding carboxylic acids is 2. The Morgan fingerprint density at radius 1 is 1.33 bits per heavy atom. The van der Waals surface area contributed by atoms with Crippen LogP contribution in [0.2, 0.25) is 0 Å². The van der Waals surface area contributed by atoms with Crippen LogP contribution in [0, 0.1) is 0 Å². The van der Waals surface area contributed by atoms with Crippen molar-refractivity contribution in [1.82, 2.24) is 5.32 Å². The highest BCUT2D eigenvalue weighted by Gasteiger charge is 2.24. The van der Waals surface area contributed by atoms with Crippen LogP contribution in [0.4, 0.5) is 5.00 Å². The summed E-state index contributed by atoms with van der Waals surface area (Å²) >= 11 is 1.50. The molecule has 0 unspecified atom stereocenters. The Morgan fingerprint density at radius 2 is 2.05 bits per heavy atom. The number of amides is 2. The monoisotopic (exact) mass is 309 g/mol. The molecule has 0 saturated carbocycles. The Bertz CT molecular complexity index is 539. The van der Waals surface area contributed by atoms with Crippen LogP contribution < -0.4 is 16.4 Å². The molecule has 0 bridgehead atoms. The predicted molar refractivity (Wildman–Crippen MR) is 85.9 cm³/mol. The fraction of sp³-hybridized carbons (Fsp3) is 0.600. The van der Waals surface area contributed by atoms with E-state index >= 15 is 0 Å². The molecule has 0 radical (unpaired) electrons. The Morgan fingerprint density at radius 3 is 2.71 bits per heavy atom. The number of primary amides is 1. The fourth-order valence-corrected chi connectivity index (χ4v) is 3.81. The van der Waals surface area contributed by atoms with Gasteiger partial charge in [-0.3, -0.25) is 9.59 Å². The molecule has 1 heterocycles. The van der Waals surface area contributed by atoms with Crippen LogP contribution in [0.25, 0.3) is 0 Å². The number of rotatable bonds is 6. The Kier molecular flexibility index (Phi) is 5.36. The highest BCUT2D eigenvalue weighted by atomic mass is 32.1. The zero-order valence-electron chi connectivity index (χ0n) is 12.6. The van der Waals surface area contributed by atoms with Crippen LogP contribution in [-0.2, 0) is 17.6 Å². The van der Waals surface area contributed by atoms with Gasteiger partial charge >= 0.3 is 0 Å². The van der Waals surface area contributed by atoms with Crippen LogP contribution in [0.15, 0.2) is 0 Å². The Balaban J connectivity index is 2.10. The fourth-order valence-electron chi connectivity index (χ4n) is 2.50. The highest BCUT2D eigenvalue weighted by molar-refractivity contribution is 7.17. The van der Waals surface area contributed by atoms with Gasteiger partial charge in [0.05, 0.1) is 12.1 Å². The minimum absolute atomic E-state index is 0.128. The van der Waals surface area contributed by atoms with Gasteiger partial charge in [0.1, 0.15) is 5.00 Å². The van der Waals surface area contributed by atoms with Crippen molar-refractivity contribution in [2.24, 2.45) is 5.73 Å². The molecule has 0 aromatic carbocycles. The molecule has 1 aliphatic rings. The maximum atomic E-state index is 12.0. The lowest BCUT2D eigenvalue weighted by molar-refractivity contribution is -0.115. The molecule has 2 rings (SSSR count). The molecule has 1 aliphatic carbocycles. The second kappa shape index (κ2) is 7.04. The molecule has 1 aromatic rings. The molecule has 0 spiro atoms. The van der Waals surface area contributed by atoms with E-state index in [-0.39, 0.29) is 12.5 Å². The average molecular weight is 309 g/mol. The van der Waals surface area contributed by atoms with Crippen molar-refractivity contribution in [1.29, 1.82) is 0 Å². The Labute approximate surface area is 129 Å². The van der Waals surface area contributed by atoms with Crippen molar-refractivity contribution in [3.8, 4) is 0 Å². The molecule has 21 heavy (non-hydrogen) atoms. The van der Waals surface area contributed by atoms with Crippen LogP contribution in [0.1, 0.15) is 53.9 Å². The van der Waals surface area contributed by atoms with Crippen molar-refractivity contribution < 1.29 is 9.59 Å². The number of nitrogens with one attached hydrogen (secondary N) is 2. The molecule has 6 heteroatoms. The third-order valence-electron chi connectivity index (χ3n) is 3.89. The highest BCUT2D eigenvalue weighted by Crippen LogP contribution is 2.37. The molecular weight excluding hydrogens is 286 g/mol. The molecule has 5 nitrogen and oxygen atoms in total. The lowest BCUT2D eigenvalue weighted by atomic mass is 9.95. The first-order valence-corrected chi connectivity index (χ1v) is 8.32. The summed E-state index contributed by atoms with van der Waals surface area (Å²) in [5.74, 6) is -0.573. The van der Waals surface area contributed by atoms with Gasteiger partial charge in [-0.25, -0.2) is 0 Å². The van der Waals surface area contributed by atoms with Crippen LogP contribution >= 0.6 is 11.3 Å². The number of thiophene rings is 1. The maximum absolute atomic E-state index is 12.0. The topological polar surface area (TPSA) is 84.2 Å². The quantitative estimate of drug-likeness (QED) is 0.752. The number of aryl methyl sites for hydroxylation is 1. The SMILES string of the molecule is CC[C@H](C)NCC(=O)Nc1sc2c(c1C(N)=O)CCCC2. The summed E-state index contributed by atoms with van der Waals surface area (Å²) in [6.45, 7) is 4.34. The summed E-state index contributed by atoms with van der Waals surface area (Å²) in [5, 5.41) is 6.60. The van der Waals surface area contributed by atoms with E-state index in [1.54, 1.807) is 0 Å². The first kappa shape index (κ1) is 16.0. The van der Waals surface area contributed by atoms with Gasteiger partial charge in [0, 0.05) is 10.9 Å². The van der Waals surface area contributed by atoms with Crippen molar-refractivity contribution >= 4 is 28.2 Å². The third kappa shape index (κ3) is 3.83. The summed E-state index contributed by atoms with van der Waals surface area (Å²) in [7, 11) is 0. The number of nitrogens with two attached hydrogens (primary N) is 1. The predicted octanol–water partition coefficient (Wildman–Crippen LogP) is 2.05. The van der Waals surface area contributed by atoms with E-state index in [2.05, 4.69) is 17.6 Å². The summed E-state index contributed by atoms with van der Waals surface area (Å²) in [6.07, 6.45) is 5.03. The molecule has 2 amide bonds. The second-order valence-electron chi connectivity index (χ2n) is 5.52. The van der Waals surface area contributed by atoms with E-state index in [0.717, 1.165) is 37.7 Å². The number of carbonyl (C=O) groups is 2. The number of fused-ring (bicyclic) bond motifs is 1. The van der Waals surface area contributed by atoms with Gasteiger partial charge in [-0.05, 0) is 44.6 Å². The normalized spacial score (nSPS) is 15.3. The minimum Gasteiger partial charge on any atom is -0.365 e.